The highest BCUT2D eigenvalue weighted by Gasteiger charge is 2.23. The molecule has 0 bridgehead atoms. The number of aryl methyl sites for hydroxylation is 4. The normalized spacial score (nSPS) is 13.3. The first-order valence-electron chi connectivity index (χ1n) is 20.8. The number of rotatable bonds is 6. The molecule has 0 fully saturated rings. The van der Waals surface area contributed by atoms with Crippen LogP contribution in [0.4, 0.5) is 11.4 Å². The summed E-state index contributed by atoms with van der Waals surface area (Å²) in [7, 11) is 0. The first kappa shape index (κ1) is 40.5. The Hall–Kier alpha value is -6.70. The third-order valence-corrected chi connectivity index (χ3v) is 11.4. The maximum absolute atomic E-state index is 3.36. The van der Waals surface area contributed by atoms with E-state index in [1.165, 1.54) is 94.1 Å². The van der Waals surface area contributed by atoms with Gasteiger partial charge in [0.05, 0.1) is 6.04 Å². The predicted octanol–water partition coefficient (Wildman–Crippen LogP) is 16.4. The smallest absolute Gasteiger partial charge is 0.0565 e. The van der Waals surface area contributed by atoms with Crippen LogP contribution in [-0.2, 0) is 0 Å². The Labute approximate surface area is 352 Å². The number of para-hydroxylation sites is 1. The number of hydrogen-bond donors (Lipinski definition) is 0. The lowest BCUT2D eigenvalue weighted by Gasteiger charge is -2.34. The van der Waals surface area contributed by atoms with Crippen LogP contribution in [0.5, 0.6) is 0 Å². The number of nitrogens with zero attached hydrogens (tertiary/aromatic N) is 1. The summed E-state index contributed by atoms with van der Waals surface area (Å²) in [5.41, 5.74) is 16.9. The molecule has 8 aromatic carbocycles. The molecule has 0 N–H and O–H groups in total. The van der Waals surface area contributed by atoms with Gasteiger partial charge in [-0.1, -0.05) is 175 Å². The van der Waals surface area contributed by atoms with Crippen molar-refractivity contribution in [3.63, 3.8) is 0 Å². The maximum atomic E-state index is 3.36. The third-order valence-electron chi connectivity index (χ3n) is 11.4. The molecule has 0 aliphatic heterocycles. The topological polar surface area (TPSA) is 3.24 Å². The fourth-order valence-electron chi connectivity index (χ4n) is 8.36. The van der Waals surface area contributed by atoms with Gasteiger partial charge >= 0.3 is 0 Å². The first-order valence-corrected chi connectivity index (χ1v) is 20.8. The minimum absolute atomic E-state index is 0.242. The van der Waals surface area contributed by atoms with Crippen LogP contribution in [0.25, 0.3) is 49.4 Å². The van der Waals surface area contributed by atoms with Crippen LogP contribution < -0.4 is 4.90 Å². The highest BCUT2D eigenvalue weighted by molar-refractivity contribution is 6.16. The van der Waals surface area contributed by atoms with E-state index in [4.69, 9.17) is 0 Å². The molecule has 59 heavy (non-hydrogen) atoms. The molecule has 1 aliphatic carbocycles. The van der Waals surface area contributed by atoms with Gasteiger partial charge in [-0.15, -0.1) is 6.58 Å². The zero-order chi connectivity index (χ0) is 41.3. The van der Waals surface area contributed by atoms with Crippen LogP contribution in [-0.4, -0.2) is 6.04 Å². The molecule has 1 atom stereocenters. The van der Waals surface area contributed by atoms with E-state index in [2.05, 4.69) is 234 Å². The van der Waals surface area contributed by atoms with Crippen molar-refractivity contribution in [3.8, 4) is 22.3 Å². The molecule has 0 radical (unpaired) electrons. The minimum Gasteiger partial charge on any atom is -0.334 e. The van der Waals surface area contributed by atoms with Crippen molar-refractivity contribution in [3.05, 3.63) is 234 Å². The second-order valence-corrected chi connectivity index (χ2v) is 15.5. The molecule has 8 aromatic rings. The summed E-state index contributed by atoms with van der Waals surface area (Å²) in [6.45, 7) is 16.3. The molecule has 1 heteroatoms. The summed E-state index contributed by atoms with van der Waals surface area (Å²) in [5.74, 6) is 0. The number of fused-ring (bicyclic) bond motifs is 3. The molecule has 0 saturated heterocycles. The van der Waals surface area contributed by atoms with Gasteiger partial charge in [-0.2, -0.15) is 0 Å². The summed E-state index contributed by atoms with van der Waals surface area (Å²) < 4.78 is 0. The quantitative estimate of drug-likeness (QED) is 0.120. The second kappa shape index (κ2) is 18.7. The lowest BCUT2D eigenvalue weighted by molar-refractivity contribution is 0.782. The van der Waals surface area contributed by atoms with Gasteiger partial charge in [-0.3, -0.25) is 0 Å². The van der Waals surface area contributed by atoms with Gasteiger partial charge in [-0.25, -0.2) is 0 Å². The molecular formula is C58H55N. The summed E-state index contributed by atoms with van der Waals surface area (Å²) >= 11 is 0. The average Bonchev–Trinajstić information content (AvgIpc) is 3.27. The van der Waals surface area contributed by atoms with Crippen molar-refractivity contribution in [1.29, 1.82) is 0 Å². The van der Waals surface area contributed by atoms with Gasteiger partial charge in [-0.05, 0) is 149 Å². The van der Waals surface area contributed by atoms with Gasteiger partial charge in [0.25, 0.3) is 0 Å². The van der Waals surface area contributed by atoms with E-state index in [1.807, 2.05) is 6.92 Å². The molecule has 0 amide bonds. The fourth-order valence-corrected chi connectivity index (χ4v) is 8.36. The highest BCUT2D eigenvalue weighted by Crippen LogP contribution is 2.40. The molecule has 1 unspecified atom stereocenters. The SMILES string of the molecule is C=CC.CC1=CCC(N(c2ccccc2)c2ccc(-c3ccc(C)cc3)cc2)C=C1c1ccccc1C.Cc1ccccc1-c1c(C)c2ccccc2c2ccccc12. The number of anilines is 2. The van der Waals surface area contributed by atoms with Crippen molar-refractivity contribution < 1.29 is 0 Å². The van der Waals surface area contributed by atoms with Gasteiger partial charge in [0.15, 0.2) is 0 Å². The van der Waals surface area contributed by atoms with Crippen LogP contribution in [0.1, 0.15) is 48.1 Å². The number of hydrogen-bond acceptors (Lipinski definition) is 1. The maximum Gasteiger partial charge on any atom is 0.0565 e. The molecule has 0 heterocycles. The van der Waals surface area contributed by atoms with Crippen molar-refractivity contribution in [2.24, 2.45) is 0 Å². The average molecular weight is 766 g/mol. The Morgan fingerprint density at radius 3 is 1.54 bits per heavy atom. The van der Waals surface area contributed by atoms with Crippen LogP contribution in [0.3, 0.4) is 0 Å². The van der Waals surface area contributed by atoms with Crippen LogP contribution in [0, 0.1) is 27.7 Å². The lowest BCUT2D eigenvalue weighted by atomic mass is 9.87. The highest BCUT2D eigenvalue weighted by atomic mass is 15.2. The first-order chi connectivity index (χ1) is 28.8. The molecule has 1 nitrogen and oxygen atoms in total. The zero-order valence-corrected chi connectivity index (χ0v) is 35.4. The van der Waals surface area contributed by atoms with Crippen molar-refractivity contribution in [2.45, 2.75) is 54.0 Å². The van der Waals surface area contributed by atoms with Gasteiger partial charge in [0, 0.05) is 11.4 Å². The Kier molecular flexibility index (Phi) is 12.8. The zero-order valence-electron chi connectivity index (χ0n) is 35.4. The van der Waals surface area contributed by atoms with Gasteiger partial charge in [0.1, 0.15) is 0 Å². The summed E-state index contributed by atoms with van der Waals surface area (Å²) in [6, 6.07) is 63.6. The summed E-state index contributed by atoms with van der Waals surface area (Å²) in [4.78, 5) is 2.47. The van der Waals surface area contributed by atoms with E-state index in [1.54, 1.807) is 6.08 Å². The summed E-state index contributed by atoms with van der Waals surface area (Å²) in [6.07, 6.45) is 7.58. The molecule has 9 rings (SSSR count). The Bertz CT molecular complexity index is 2750. The molecule has 0 aromatic heterocycles. The van der Waals surface area contributed by atoms with E-state index < -0.39 is 0 Å². The Morgan fingerprint density at radius 2 is 0.949 bits per heavy atom. The number of benzene rings is 8. The minimum atomic E-state index is 0.242. The monoisotopic (exact) mass is 765 g/mol. The summed E-state index contributed by atoms with van der Waals surface area (Å²) in [5, 5.41) is 5.36. The van der Waals surface area contributed by atoms with Crippen LogP contribution >= 0.6 is 0 Å². The van der Waals surface area contributed by atoms with E-state index >= 15 is 0 Å². The number of allylic oxidation sites excluding steroid dienone is 3. The molecule has 0 spiro atoms. The van der Waals surface area contributed by atoms with Crippen LogP contribution in [0.2, 0.25) is 0 Å². The Balaban J connectivity index is 0.000000181. The fraction of sp³-hybridized carbons (Fsp3) is 0.138. The molecule has 1 aliphatic rings. The third kappa shape index (κ3) is 8.91. The van der Waals surface area contributed by atoms with E-state index in [-0.39, 0.29) is 6.04 Å². The largest absolute Gasteiger partial charge is 0.334 e. The lowest BCUT2D eigenvalue weighted by Crippen LogP contribution is -2.30. The van der Waals surface area contributed by atoms with E-state index in [0.717, 1.165) is 6.42 Å². The van der Waals surface area contributed by atoms with Crippen LogP contribution in [0.15, 0.2) is 206 Å². The van der Waals surface area contributed by atoms with Crippen molar-refractivity contribution in [2.75, 3.05) is 4.90 Å². The molecule has 292 valence electrons. The van der Waals surface area contributed by atoms with Gasteiger partial charge < -0.3 is 4.90 Å². The molecule has 0 saturated carbocycles. The second-order valence-electron chi connectivity index (χ2n) is 15.5. The van der Waals surface area contributed by atoms with Crippen molar-refractivity contribution >= 4 is 38.5 Å². The molecular weight excluding hydrogens is 711 g/mol. The Morgan fingerprint density at radius 1 is 0.492 bits per heavy atom. The standard InChI is InChI=1S/C33H31N.C22H18.C3H6/c1-24-13-16-27(17-14-24)28-18-21-30(22-19-28)34(29-10-5-4-6-11-29)31-20-15-26(3)33(23-31)32-12-8-7-9-25(32)2;1-15-9-3-4-10-17(15)22-16(2)18-11-5-6-12-19(18)20-13-7-8-14-21(20)22;1-3-2/h4-19,21-23,31H,20H2,1-3H3;3-14H,1-2H3;3H,1H2,2H3. The van der Waals surface area contributed by atoms with E-state index in [0.29, 0.717) is 0 Å². The van der Waals surface area contributed by atoms with E-state index in [9.17, 15) is 0 Å². The predicted molar refractivity (Wildman–Crippen MR) is 259 cm³/mol. The van der Waals surface area contributed by atoms with Crippen molar-refractivity contribution in [1.82, 2.24) is 0 Å². The van der Waals surface area contributed by atoms with Gasteiger partial charge in [0.2, 0.25) is 0 Å².